The van der Waals surface area contributed by atoms with Crippen LogP contribution in [0.3, 0.4) is 0 Å². The Balaban J connectivity index is 2.06. The summed E-state index contributed by atoms with van der Waals surface area (Å²) in [4.78, 5) is 21.9. The van der Waals surface area contributed by atoms with E-state index in [9.17, 15) is 15.0 Å². The van der Waals surface area contributed by atoms with Crippen LogP contribution in [0.4, 0.5) is 0 Å². The molecular formula is C10H11ClN4O4. The van der Waals surface area contributed by atoms with E-state index < -0.39 is 24.5 Å². The SMILES string of the molecule is O=c1[nH]cnc2c1ncn2[C@H]1O[C@H](CCl)[C@H](O)[C@H]1O. The zero-order chi connectivity index (χ0) is 13.6. The van der Waals surface area contributed by atoms with E-state index in [1.54, 1.807) is 0 Å². The van der Waals surface area contributed by atoms with Gasteiger partial charge in [0, 0.05) is 0 Å². The lowest BCUT2D eigenvalue weighted by molar-refractivity contribution is -0.0291. The average molecular weight is 287 g/mol. The van der Waals surface area contributed by atoms with Gasteiger partial charge >= 0.3 is 0 Å². The highest BCUT2D eigenvalue weighted by Gasteiger charge is 2.43. The third-order valence-electron chi connectivity index (χ3n) is 3.13. The molecule has 0 saturated carbocycles. The molecule has 0 bridgehead atoms. The van der Waals surface area contributed by atoms with Crippen LogP contribution in [0.1, 0.15) is 6.23 Å². The first-order valence-electron chi connectivity index (χ1n) is 5.61. The van der Waals surface area contributed by atoms with E-state index in [1.165, 1.54) is 17.2 Å². The molecule has 1 aliphatic heterocycles. The number of aliphatic hydroxyl groups is 2. The summed E-state index contributed by atoms with van der Waals surface area (Å²) in [7, 11) is 0. The Bertz CT molecular complexity index is 656. The van der Waals surface area contributed by atoms with Gasteiger partial charge in [0.05, 0.1) is 18.5 Å². The van der Waals surface area contributed by atoms with Crippen molar-refractivity contribution < 1.29 is 14.9 Å². The highest BCUT2D eigenvalue weighted by Crippen LogP contribution is 2.31. The number of fused-ring (bicyclic) bond motifs is 1. The molecule has 2 aromatic rings. The summed E-state index contributed by atoms with van der Waals surface area (Å²) in [6.45, 7) is 0. The number of nitrogens with one attached hydrogen (secondary N) is 1. The van der Waals surface area contributed by atoms with E-state index in [1.807, 2.05) is 0 Å². The van der Waals surface area contributed by atoms with Gasteiger partial charge in [0.1, 0.15) is 18.3 Å². The Labute approximate surface area is 111 Å². The molecule has 1 saturated heterocycles. The van der Waals surface area contributed by atoms with Crippen LogP contribution < -0.4 is 5.56 Å². The highest BCUT2D eigenvalue weighted by molar-refractivity contribution is 6.18. The molecule has 102 valence electrons. The number of aromatic nitrogens is 4. The van der Waals surface area contributed by atoms with E-state index in [2.05, 4.69) is 15.0 Å². The molecule has 9 heteroatoms. The molecule has 0 aromatic carbocycles. The van der Waals surface area contributed by atoms with Crippen LogP contribution in [-0.4, -0.2) is 53.9 Å². The van der Waals surface area contributed by atoms with Crippen molar-refractivity contribution >= 4 is 22.8 Å². The van der Waals surface area contributed by atoms with Crippen LogP contribution in [-0.2, 0) is 4.74 Å². The van der Waals surface area contributed by atoms with Crippen LogP contribution in [0.5, 0.6) is 0 Å². The Morgan fingerprint density at radius 1 is 1.42 bits per heavy atom. The zero-order valence-corrected chi connectivity index (χ0v) is 10.4. The van der Waals surface area contributed by atoms with Gasteiger partial charge in [-0.15, -0.1) is 11.6 Å². The molecule has 3 heterocycles. The maximum Gasteiger partial charge on any atom is 0.278 e. The fraction of sp³-hybridized carbons (Fsp3) is 0.500. The van der Waals surface area contributed by atoms with Crippen LogP contribution in [0.15, 0.2) is 17.4 Å². The molecule has 1 fully saturated rings. The van der Waals surface area contributed by atoms with Gasteiger partial charge in [0.2, 0.25) is 0 Å². The number of H-pyrrole nitrogens is 1. The van der Waals surface area contributed by atoms with Crippen molar-refractivity contribution in [3.05, 3.63) is 23.0 Å². The number of nitrogens with zero attached hydrogens (tertiary/aromatic N) is 3. The summed E-state index contributed by atoms with van der Waals surface area (Å²) in [5.41, 5.74) is 0.0306. The van der Waals surface area contributed by atoms with Crippen LogP contribution in [0.2, 0.25) is 0 Å². The van der Waals surface area contributed by atoms with Gasteiger partial charge in [0.25, 0.3) is 5.56 Å². The van der Waals surface area contributed by atoms with Gasteiger partial charge in [-0.1, -0.05) is 0 Å². The number of halogens is 1. The molecule has 0 radical (unpaired) electrons. The molecule has 0 aliphatic carbocycles. The first-order valence-corrected chi connectivity index (χ1v) is 6.14. The van der Waals surface area contributed by atoms with E-state index in [0.29, 0.717) is 0 Å². The standard InChI is InChI=1S/C10H11ClN4O4/c11-1-4-6(16)7(17)10(19-4)15-3-14-5-8(15)12-2-13-9(5)18/h2-4,6-7,10,16-17H,1H2,(H,12,13,18)/t4-,6+,7-,10+/m1/s1. The van der Waals surface area contributed by atoms with Crippen LogP contribution >= 0.6 is 11.6 Å². The first-order chi connectivity index (χ1) is 9.13. The molecule has 0 spiro atoms. The minimum absolute atomic E-state index is 0.0510. The topological polar surface area (TPSA) is 113 Å². The predicted octanol–water partition coefficient (Wildman–Crippen LogP) is -1.02. The van der Waals surface area contributed by atoms with Crippen molar-refractivity contribution in [1.82, 2.24) is 19.5 Å². The molecule has 19 heavy (non-hydrogen) atoms. The number of imidazole rings is 1. The van der Waals surface area contributed by atoms with Gasteiger partial charge in [0.15, 0.2) is 17.4 Å². The van der Waals surface area contributed by atoms with E-state index in [-0.39, 0.29) is 22.6 Å². The lowest BCUT2D eigenvalue weighted by Crippen LogP contribution is -2.32. The Morgan fingerprint density at radius 2 is 2.21 bits per heavy atom. The molecule has 4 atom stereocenters. The fourth-order valence-electron chi connectivity index (χ4n) is 2.14. The number of rotatable bonds is 2. The highest BCUT2D eigenvalue weighted by atomic mass is 35.5. The van der Waals surface area contributed by atoms with Crippen molar-refractivity contribution in [3.8, 4) is 0 Å². The van der Waals surface area contributed by atoms with Crippen LogP contribution in [0.25, 0.3) is 11.2 Å². The molecule has 2 aromatic heterocycles. The summed E-state index contributed by atoms with van der Waals surface area (Å²) in [6, 6.07) is 0. The smallest absolute Gasteiger partial charge is 0.278 e. The molecule has 8 nitrogen and oxygen atoms in total. The first kappa shape index (κ1) is 12.5. The largest absolute Gasteiger partial charge is 0.387 e. The third-order valence-corrected chi connectivity index (χ3v) is 3.43. The van der Waals surface area contributed by atoms with Crippen molar-refractivity contribution in [1.29, 1.82) is 0 Å². The number of aromatic amines is 1. The molecule has 0 amide bonds. The zero-order valence-electron chi connectivity index (χ0n) is 9.60. The summed E-state index contributed by atoms with van der Waals surface area (Å²) >= 11 is 5.65. The minimum Gasteiger partial charge on any atom is -0.387 e. The lowest BCUT2D eigenvalue weighted by Gasteiger charge is -2.16. The third kappa shape index (κ3) is 1.84. The number of hydrogen-bond acceptors (Lipinski definition) is 6. The summed E-state index contributed by atoms with van der Waals surface area (Å²) in [6.07, 6.45) is -1.24. The maximum absolute atomic E-state index is 11.5. The second-order valence-electron chi connectivity index (χ2n) is 4.26. The molecule has 3 rings (SSSR count). The monoisotopic (exact) mass is 286 g/mol. The second kappa shape index (κ2) is 4.57. The summed E-state index contributed by atoms with van der Waals surface area (Å²) in [5.74, 6) is 0.0510. The van der Waals surface area contributed by atoms with Gasteiger partial charge in [-0.3, -0.25) is 9.36 Å². The van der Waals surface area contributed by atoms with E-state index in [4.69, 9.17) is 16.3 Å². The minimum atomic E-state index is -1.16. The van der Waals surface area contributed by atoms with Gasteiger partial charge in [-0.2, -0.15) is 0 Å². The number of ether oxygens (including phenoxy) is 1. The van der Waals surface area contributed by atoms with Gasteiger partial charge in [-0.05, 0) is 0 Å². The molecule has 3 N–H and O–H groups in total. The van der Waals surface area contributed by atoms with Crippen LogP contribution in [0, 0.1) is 0 Å². The normalized spacial score (nSPS) is 31.1. The fourth-order valence-corrected chi connectivity index (χ4v) is 2.39. The van der Waals surface area contributed by atoms with Crippen molar-refractivity contribution in [2.75, 3.05) is 5.88 Å². The Kier molecular flexibility index (Phi) is 3.02. The summed E-state index contributed by atoms with van der Waals surface area (Å²) in [5, 5.41) is 19.7. The number of alkyl halides is 1. The predicted molar refractivity (Wildman–Crippen MR) is 64.8 cm³/mol. The van der Waals surface area contributed by atoms with Crippen molar-refractivity contribution in [2.45, 2.75) is 24.5 Å². The number of aliphatic hydroxyl groups excluding tert-OH is 2. The quantitative estimate of drug-likeness (QED) is 0.609. The Morgan fingerprint density at radius 3 is 2.89 bits per heavy atom. The van der Waals surface area contributed by atoms with E-state index >= 15 is 0 Å². The Hall–Kier alpha value is -1.48. The van der Waals surface area contributed by atoms with Crippen molar-refractivity contribution in [2.24, 2.45) is 0 Å². The molecular weight excluding hydrogens is 276 g/mol. The van der Waals surface area contributed by atoms with Gasteiger partial charge < -0.3 is 19.9 Å². The lowest BCUT2D eigenvalue weighted by atomic mass is 10.1. The second-order valence-corrected chi connectivity index (χ2v) is 4.56. The average Bonchev–Trinajstić information content (AvgIpc) is 2.94. The summed E-state index contributed by atoms with van der Waals surface area (Å²) < 4.78 is 6.87. The van der Waals surface area contributed by atoms with Crippen molar-refractivity contribution in [3.63, 3.8) is 0 Å². The molecule has 0 unspecified atom stereocenters. The molecule has 1 aliphatic rings. The maximum atomic E-state index is 11.5. The number of hydrogen-bond donors (Lipinski definition) is 3. The van der Waals surface area contributed by atoms with E-state index in [0.717, 1.165) is 0 Å². The van der Waals surface area contributed by atoms with Gasteiger partial charge in [-0.25, -0.2) is 9.97 Å².